The van der Waals surface area contributed by atoms with Crippen molar-refractivity contribution in [3.8, 4) is 0 Å². The maximum atomic E-state index is 11.7. The highest BCUT2D eigenvalue weighted by Gasteiger charge is 2.35. The van der Waals surface area contributed by atoms with Crippen LogP contribution in [0.25, 0.3) is 0 Å². The molecule has 1 aromatic heterocycles. The Morgan fingerprint density at radius 1 is 1.39 bits per heavy atom. The van der Waals surface area contributed by atoms with Crippen molar-refractivity contribution in [2.24, 2.45) is 17.8 Å². The summed E-state index contributed by atoms with van der Waals surface area (Å²) in [4.78, 5) is 19.0. The fourth-order valence-electron chi connectivity index (χ4n) is 2.96. The molecule has 1 heterocycles. The van der Waals surface area contributed by atoms with Crippen LogP contribution in [-0.4, -0.2) is 15.7 Å². The Morgan fingerprint density at radius 3 is 2.83 bits per heavy atom. The van der Waals surface area contributed by atoms with Gasteiger partial charge in [-0.15, -0.1) is 0 Å². The quantitative estimate of drug-likeness (QED) is 0.517. The lowest BCUT2D eigenvalue weighted by Crippen LogP contribution is -2.15. The van der Waals surface area contributed by atoms with Crippen LogP contribution in [-0.2, 0) is 0 Å². The number of fused-ring (bicyclic) bond motifs is 2. The molecule has 3 atom stereocenters. The highest BCUT2D eigenvalue weighted by atomic mass is 32.2. The molecule has 2 bridgehead atoms. The van der Waals surface area contributed by atoms with Crippen LogP contribution in [0.1, 0.15) is 24.1 Å². The number of nitrogens with zero attached hydrogens (tertiary/aromatic N) is 1. The van der Waals surface area contributed by atoms with Gasteiger partial charge in [0.2, 0.25) is 0 Å². The summed E-state index contributed by atoms with van der Waals surface area (Å²) in [7, 11) is 0. The Hall–Kier alpha value is -1.03. The van der Waals surface area contributed by atoms with E-state index in [-0.39, 0.29) is 5.56 Å². The molecule has 0 amide bonds. The second-order valence-electron chi connectivity index (χ2n) is 5.43. The predicted octanol–water partition coefficient (Wildman–Crippen LogP) is 2.69. The van der Waals surface area contributed by atoms with Crippen LogP contribution in [0.5, 0.6) is 0 Å². The lowest BCUT2D eigenvalue weighted by Gasteiger charge is -2.16. The topological polar surface area (TPSA) is 45.8 Å². The van der Waals surface area contributed by atoms with Gasteiger partial charge in [-0.05, 0) is 44.4 Å². The highest BCUT2D eigenvalue weighted by Crippen LogP contribution is 2.44. The van der Waals surface area contributed by atoms with E-state index in [1.807, 2.05) is 13.8 Å². The number of rotatable bonds is 3. The number of thioether (sulfide) groups is 1. The molecule has 0 aromatic carbocycles. The van der Waals surface area contributed by atoms with E-state index in [0.29, 0.717) is 0 Å². The van der Waals surface area contributed by atoms with Gasteiger partial charge in [0.1, 0.15) is 0 Å². The van der Waals surface area contributed by atoms with Crippen LogP contribution in [0.15, 0.2) is 22.1 Å². The number of allylic oxidation sites excluding steroid dienone is 2. The van der Waals surface area contributed by atoms with E-state index < -0.39 is 0 Å². The molecule has 1 saturated carbocycles. The molecule has 0 saturated heterocycles. The lowest BCUT2D eigenvalue weighted by atomic mass is 9.96. The van der Waals surface area contributed by atoms with Crippen LogP contribution >= 0.6 is 11.8 Å². The van der Waals surface area contributed by atoms with Crippen LogP contribution in [0.2, 0.25) is 0 Å². The van der Waals surface area contributed by atoms with Gasteiger partial charge in [-0.25, -0.2) is 4.98 Å². The van der Waals surface area contributed by atoms with E-state index in [9.17, 15) is 4.79 Å². The zero-order chi connectivity index (χ0) is 12.7. The summed E-state index contributed by atoms with van der Waals surface area (Å²) in [5, 5.41) is 0.773. The minimum absolute atomic E-state index is 0.00200. The Kier molecular flexibility index (Phi) is 3.06. The van der Waals surface area contributed by atoms with Crippen molar-refractivity contribution in [1.82, 2.24) is 9.97 Å². The summed E-state index contributed by atoms with van der Waals surface area (Å²) < 4.78 is 0. The van der Waals surface area contributed by atoms with Crippen LogP contribution < -0.4 is 5.56 Å². The summed E-state index contributed by atoms with van der Waals surface area (Å²) >= 11 is 1.69. The molecule has 0 radical (unpaired) electrons. The highest BCUT2D eigenvalue weighted by molar-refractivity contribution is 7.99. The van der Waals surface area contributed by atoms with Gasteiger partial charge in [-0.3, -0.25) is 4.79 Å². The zero-order valence-corrected chi connectivity index (χ0v) is 11.6. The molecule has 2 aliphatic carbocycles. The molecule has 0 spiro atoms. The molecule has 1 fully saturated rings. The van der Waals surface area contributed by atoms with Gasteiger partial charge < -0.3 is 4.98 Å². The van der Waals surface area contributed by atoms with Gasteiger partial charge in [0, 0.05) is 17.0 Å². The van der Waals surface area contributed by atoms with Crippen molar-refractivity contribution in [3.05, 3.63) is 33.8 Å². The van der Waals surface area contributed by atoms with E-state index in [1.54, 1.807) is 11.8 Å². The van der Waals surface area contributed by atoms with Crippen molar-refractivity contribution in [1.29, 1.82) is 0 Å². The van der Waals surface area contributed by atoms with Gasteiger partial charge in [0.15, 0.2) is 5.16 Å². The average molecular weight is 262 g/mol. The fraction of sp³-hybridized carbons (Fsp3) is 0.571. The lowest BCUT2D eigenvalue weighted by molar-refractivity contribution is 0.502. The maximum absolute atomic E-state index is 11.7. The van der Waals surface area contributed by atoms with Crippen LogP contribution in [0.3, 0.4) is 0 Å². The molecule has 18 heavy (non-hydrogen) atoms. The summed E-state index contributed by atoms with van der Waals surface area (Å²) in [5.41, 5.74) is 1.56. The minimum Gasteiger partial charge on any atom is -0.301 e. The predicted molar refractivity (Wildman–Crippen MR) is 73.9 cm³/mol. The van der Waals surface area contributed by atoms with E-state index in [1.165, 1.54) is 12.8 Å². The first kappa shape index (κ1) is 12.0. The smallest absolute Gasteiger partial charge is 0.254 e. The molecular formula is C14H18N2OS. The molecule has 3 nitrogen and oxygen atoms in total. The van der Waals surface area contributed by atoms with Crippen molar-refractivity contribution in [2.45, 2.75) is 31.8 Å². The Morgan fingerprint density at radius 2 is 2.22 bits per heavy atom. The maximum Gasteiger partial charge on any atom is 0.254 e. The second-order valence-corrected chi connectivity index (χ2v) is 6.44. The standard InChI is InChI=1S/C14H18N2OS/c1-8-9(2)15-14(16-13(8)17)18-7-12-6-10-3-4-11(12)5-10/h3-4,10-12H,5-7H2,1-2H3,(H,15,16,17)/t10-,11+,12+/m1/s1. The van der Waals surface area contributed by atoms with E-state index in [0.717, 1.165) is 39.9 Å². The molecule has 1 N–H and O–H groups in total. The van der Waals surface area contributed by atoms with Crippen molar-refractivity contribution >= 4 is 11.8 Å². The molecule has 2 aliphatic rings. The monoisotopic (exact) mass is 262 g/mol. The molecule has 96 valence electrons. The molecule has 4 heteroatoms. The third-order valence-electron chi connectivity index (χ3n) is 4.22. The van der Waals surface area contributed by atoms with Gasteiger partial charge in [-0.2, -0.15) is 0 Å². The number of hydrogen-bond acceptors (Lipinski definition) is 3. The molecule has 1 aromatic rings. The summed E-state index contributed by atoms with van der Waals surface area (Å²) in [5.74, 6) is 3.40. The van der Waals surface area contributed by atoms with Gasteiger partial charge in [0.05, 0.1) is 0 Å². The normalized spacial score (nSPS) is 29.1. The first-order chi connectivity index (χ1) is 8.63. The second kappa shape index (κ2) is 4.57. The first-order valence-electron chi connectivity index (χ1n) is 6.52. The zero-order valence-electron chi connectivity index (χ0n) is 10.8. The van der Waals surface area contributed by atoms with E-state index >= 15 is 0 Å². The number of aromatic amines is 1. The Bertz CT molecular complexity index is 549. The van der Waals surface area contributed by atoms with E-state index in [4.69, 9.17) is 0 Å². The number of H-pyrrole nitrogens is 1. The van der Waals surface area contributed by atoms with Crippen LogP contribution in [0, 0.1) is 31.6 Å². The minimum atomic E-state index is -0.00200. The number of aryl methyl sites for hydroxylation is 1. The molecule has 3 rings (SSSR count). The largest absolute Gasteiger partial charge is 0.301 e. The van der Waals surface area contributed by atoms with Crippen LogP contribution in [0.4, 0.5) is 0 Å². The number of aromatic nitrogens is 2. The number of nitrogens with one attached hydrogen (secondary N) is 1. The average Bonchev–Trinajstić information content (AvgIpc) is 2.95. The SMILES string of the molecule is Cc1nc(SC[C@@H]2C[C@@H]3C=C[C@H]2C3)[nH]c(=O)c1C. The fourth-order valence-corrected chi connectivity index (χ4v) is 4.08. The third-order valence-corrected chi connectivity index (χ3v) is 5.29. The summed E-state index contributed by atoms with van der Waals surface area (Å²) in [6.07, 6.45) is 7.38. The Labute approximate surface area is 111 Å². The third kappa shape index (κ3) is 2.14. The van der Waals surface area contributed by atoms with Gasteiger partial charge in [-0.1, -0.05) is 23.9 Å². The number of hydrogen-bond donors (Lipinski definition) is 1. The van der Waals surface area contributed by atoms with Crippen molar-refractivity contribution in [2.75, 3.05) is 5.75 Å². The summed E-state index contributed by atoms with van der Waals surface area (Å²) in [6.45, 7) is 3.71. The summed E-state index contributed by atoms with van der Waals surface area (Å²) in [6, 6.07) is 0. The van der Waals surface area contributed by atoms with Crippen molar-refractivity contribution in [3.63, 3.8) is 0 Å². The van der Waals surface area contributed by atoms with Gasteiger partial charge >= 0.3 is 0 Å². The molecular weight excluding hydrogens is 244 g/mol. The van der Waals surface area contributed by atoms with Gasteiger partial charge in [0.25, 0.3) is 5.56 Å². The first-order valence-corrected chi connectivity index (χ1v) is 7.50. The molecule has 0 unspecified atom stereocenters. The molecule has 0 aliphatic heterocycles. The van der Waals surface area contributed by atoms with E-state index in [2.05, 4.69) is 22.1 Å². The Balaban J connectivity index is 1.67. The van der Waals surface area contributed by atoms with Crippen molar-refractivity contribution < 1.29 is 0 Å².